The maximum atomic E-state index is 12.1. The number of ether oxygens (including phenoxy) is 1. The molecule has 1 unspecified atom stereocenters. The van der Waals surface area contributed by atoms with Gasteiger partial charge in [-0.3, -0.25) is 4.79 Å². The van der Waals surface area contributed by atoms with E-state index in [4.69, 9.17) is 10.5 Å². The minimum atomic E-state index is -0.656. The number of benzene rings is 1. The average Bonchev–Trinajstić information content (AvgIpc) is 3.20. The van der Waals surface area contributed by atoms with Crippen molar-refractivity contribution in [1.82, 2.24) is 0 Å². The second-order valence-electron chi connectivity index (χ2n) is 4.79. The zero-order valence-corrected chi connectivity index (χ0v) is 10.2. The van der Waals surface area contributed by atoms with Gasteiger partial charge in [-0.05, 0) is 17.9 Å². The van der Waals surface area contributed by atoms with Crippen LogP contribution in [0.25, 0.3) is 0 Å². The van der Waals surface area contributed by atoms with Gasteiger partial charge in [0.15, 0.2) is 0 Å². The third kappa shape index (κ3) is 2.34. The Labute approximate surface area is 102 Å². The van der Waals surface area contributed by atoms with Gasteiger partial charge in [-0.15, -0.1) is 0 Å². The number of carbonyl (C=O) groups excluding carboxylic acids is 1. The summed E-state index contributed by atoms with van der Waals surface area (Å²) in [6.45, 7) is 0.306. The van der Waals surface area contributed by atoms with E-state index in [1.807, 2.05) is 30.3 Å². The minimum absolute atomic E-state index is 0.210. The summed E-state index contributed by atoms with van der Waals surface area (Å²) >= 11 is 0. The summed E-state index contributed by atoms with van der Waals surface area (Å²) in [6, 6.07) is 9.75. The predicted octanol–water partition coefficient (Wildman–Crippen LogP) is 1.86. The monoisotopic (exact) mass is 233 g/mol. The minimum Gasteiger partial charge on any atom is -0.468 e. The molecule has 0 amide bonds. The van der Waals surface area contributed by atoms with Gasteiger partial charge in [0, 0.05) is 6.54 Å². The molecule has 3 heteroatoms. The molecular formula is C14H19NO2. The average molecular weight is 233 g/mol. The largest absolute Gasteiger partial charge is 0.468 e. The van der Waals surface area contributed by atoms with Crippen molar-refractivity contribution in [2.75, 3.05) is 13.7 Å². The quantitative estimate of drug-likeness (QED) is 0.790. The van der Waals surface area contributed by atoms with Crippen molar-refractivity contribution >= 4 is 5.97 Å². The lowest BCUT2D eigenvalue weighted by atomic mass is 9.76. The Balaban J connectivity index is 2.36. The van der Waals surface area contributed by atoms with Crippen LogP contribution in [-0.2, 0) is 14.9 Å². The highest BCUT2D eigenvalue weighted by molar-refractivity contribution is 5.83. The topological polar surface area (TPSA) is 52.3 Å². The molecule has 1 aliphatic carbocycles. The summed E-state index contributed by atoms with van der Waals surface area (Å²) in [5.41, 5.74) is 6.21. The van der Waals surface area contributed by atoms with E-state index in [2.05, 4.69) is 0 Å². The van der Waals surface area contributed by atoms with Crippen LogP contribution in [0.2, 0.25) is 0 Å². The molecule has 0 aliphatic heterocycles. The Kier molecular flexibility index (Phi) is 3.48. The molecule has 1 atom stereocenters. The van der Waals surface area contributed by atoms with Gasteiger partial charge in [-0.2, -0.15) is 0 Å². The van der Waals surface area contributed by atoms with Gasteiger partial charge >= 0.3 is 5.97 Å². The molecule has 17 heavy (non-hydrogen) atoms. The Morgan fingerprint density at radius 2 is 2.06 bits per heavy atom. The smallest absolute Gasteiger partial charge is 0.317 e. The molecule has 0 heterocycles. The van der Waals surface area contributed by atoms with Gasteiger partial charge in [-0.25, -0.2) is 0 Å². The molecule has 3 nitrogen and oxygen atoms in total. The van der Waals surface area contributed by atoms with E-state index < -0.39 is 5.41 Å². The van der Waals surface area contributed by atoms with Crippen LogP contribution < -0.4 is 5.73 Å². The SMILES string of the molecule is COC(=O)C(CN)(CC1CC1)c1ccccc1. The fourth-order valence-corrected chi connectivity index (χ4v) is 2.37. The summed E-state index contributed by atoms with van der Waals surface area (Å²) in [5.74, 6) is 0.413. The van der Waals surface area contributed by atoms with Crippen LogP contribution in [0.3, 0.4) is 0 Å². The summed E-state index contributed by atoms with van der Waals surface area (Å²) in [5, 5.41) is 0. The Bertz CT molecular complexity index is 386. The highest BCUT2D eigenvalue weighted by Gasteiger charge is 2.44. The predicted molar refractivity (Wildman–Crippen MR) is 66.5 cm³/mol. The molecule has 1 aromatic carbocycles. The fraction of sp³-hybridized carbons (Fsp3) is 0.500. The Morgan fingerprint density at radius 3 is 2.53 bits per heavy atom. The number of hydrogen-bond donors (Lipinski definition) is 1. The van der Waals surface area contributed by atoms with Gasteiger partial charge in [0.25, 0.3) is 0 Å². The molecule has 2 N–H and O–H groups in total. The van der Waals surface area contributed by atoms with Crippen molar-refractivity contribution < 1.29 is 9.53 Å². The third-order valence-corrected chi connectivity index (χ3v) is 3.59. The van der Waals surface area contributed by atoms with Crippen molar-refractivity contribution in [3.05, 3.63) is 35.9 Å². The van der Waals surface area contributed by atoms with E-state index in [0.717, 1.165) is 12.0 Å². The molecular weight excluding hydrogens is 214 g/mol. The number of esters is 1. The number of nitrogens with two attached hydrogens (primary N) is 1. The molecule has 0 spiro atoms. The molecule has 1 aromatic rings. The first-order valence-corrected chi connectivity index (χ1v) is 6.07. The van der Waals surface area contributed by atoms with E-state index >= 15 is 0 Å². The number of rotatable bonds is 5. The maximum Gasteiger partial charge on any atom is 0.317 e. The Hall–Kier alpha value is -1.35. The molecule has 92 valence electrons. The van der Waals surface area contributed by atoms with E-state index in [1.54, 1.807) is 0 Å². The van der Waals surface area contributed by atoms with Crippen LogP contribution in [-0.4, -0.2) is 19.6 Å². The summed E-state index contributed by atoms with van der Waals surface area (Å²) in [6.07, 6.45) is 3.21. The van der Waals surface area contributed by atoms with Gasteiger partial charge in [0.05, 0.1) is 7.11 Å². The second kappa shape index (κ2) is 4.88. The maximum absolute atomic E-state index is 12.1. The van der Waals surface area contributed by atoms with Crippen LogP contribution >= 0.6 is 0 Å². The standard InChI is InChI=1S/C14H19NO2/c1-17-13(16)14(10-15,9-11-7-8-11)12-5-3-2-4-6-12/h2-6,11H,7-10,15H2,1H3. The van der Waals surface area contributed by atoms with E-state index in [0.29, 0.717) is 12.5 Å². The van der Waals surface area contributed by atoms with E-state index in [1.165, 1.54) is 20.0 Å². The lowest BCUT2D eigenvalue weighted by Crippen LogP contribution is -2.44. The van der Waals surface area contributed by atoms with Crippen LogP contribution in [0.15, 0.2) is 30.3 Å². The molecule has 0 aromatic heterocycles. The van der Waals surface area contributed by atoms with Crippen LogP contribution in [0, 0.1) is 5.92 Å². The van der Waals surface area contributed by atoms with Crippen molar-refractivity contribution in [3.63, 3.8) is 0 Å². The first-order chi connectivity index (χ1) is 8.23. The van der Waals surface area contributed by atoms with Gasteiger partial charge in [0.1, 0.15) is 5.41 Å². The fourth-order valence-electron chi connectivity index (χ4n) is 2.37. The third-order valence-electron chi connectivity index (χ3n) is 3.59. The first kappa shape index (κ1) is 12.1. The lowest BCUT2D eigenvalue weighted by molar-refractivity contribution is -0.147. The normalized spacial score (nSPS) is 18.5. The molecule has 1 aliphatic rings. The van der Waals surface area contributed by atoms with Crippen LogP contribution in [0.5, 0.6) is 0 Å². The summed E-state index contributed by atoms with van der Waals surface area (Å²) < 4.78 is 4.97. The molecule has 0 radical (unpaired) electrons. The number of carbonyl (C=O) groups is 1. The van der Waals surface area contributed by atoms with Crippen molar-refractivity contribution in [3.8, 4) is 0 Å². The molecule has 1 saturated carbocycles. The van der Waals surface area contributed by atoms with Crippen LogP contribution in [0.4, 0.5) is 0 Å². The highest BCUT2D eigenvalue weighted by Crippen LogP contribution is 2.42. The Morgan fingerprint density at radius 1 is 1.41 bits per heavy atom. The molecule has 1 fully saturated rings. The zero-order chi connectivity index (χ0) is 12.3. The van der Waals surface area contributed by atoms with Crippen molar-refractivity contribution in [1.29, 1.82) is 0 Å². The highest BCUT2D eigenvalue weighted by atomic mass is 16.5. The van der Waals surface area contributed by atoms with Gasteiger partial charge in [0.2, 0.25) is 0 Å². The summed E-state index contributed by atoms with van der Waals surface area (Å²) in [4.78, 5) is 12.1. The zero-order valence-electron chi connectivity index (χ0n) is 10.2. The molecule has 0 bridgehead atoms. The van der Waals surface area contributed by atoms with E-state index in [-0.39, 0.29) is 5.97 Å². The van der Waals surface area contributed by atoms with E-state index in [9.17, 15) is 4.79 Å². The van der Waals surface area contributed by atoms with Crippen molar-refractivity contribution in [2.45, 2.75) is 24.7 Å². The number of hydrogen-bond acceptors (Lipinski definition) is 3. The summed E-state index contributed by atoms with van der Waals surface area (Å²) in [7, 11) is 1.43. The second-order valence-corrected chi connectivity index (χ2v) is 4.79. The number of methoxy groups -OCH3 is 1. The molecule has 2 rings (SSSR count). The lowest BCUT2D eigenvalue weighted by Gasteiger charge is -2.30. The van der Waals surface area contributed by atoms with Gasteiger partial charge < -0.3 is 10.5 Å². The van der Waals surface area contributed by atoms with Gasteiger partial charge in [-0.1, -0.05) is 43.2 Å². The van der Waals surface area contributed by atoms with Crippen LogP contribution in [0.1, 0.15) is 24.8 Å². The first-order valence-electron chi connectivity index (χ1n) is 6.07. The molecule has 0 saturated heterocycles. The van der Waals surface area contributed by atoms with Crippen molar-refractivity contribution in [2.24, 2.45) is 11.7 Å².